The van der Waals surface area contributed by atoms with E-state index in [-0.39, 0.29) is 122 Å². The number of ketones is 1. The lowest BCUT2D eigenvalue weighted by Gasteiger charge is -2.47. The van der Waals surface area contributed by atoms with E-state index in [9.17, 15) is 9.90 Å². The standard InChI is InChI=1S/C40H59NO11/c1-19-11-24-5-7-28-20(2)12-26(45-28)9-10-40-17-33-36(51-40)37-38(50-33)39(52-40)35-29(49-37)8-6-25(47-35)13-22(42)14-27-31(16-30(46-24)21(19)3)48-32(34(27)44-4)15-23(43)18-41/h19,23-39,43H,2-3,5-18,41H2,1,4H3/t19-,23?,24?,25?,26?,27?,28?,29?,30?,31+,32?,33-,34-,35+,36?,37?,38-,39?,40+/m1/s1. The van der Waals surface area contributed by atoms with Crippen LogP contribution in [-0.2, 0) is 47.4 Å². The van der Waals surface area contributed by atoms with Crippen LogP contribution >= 0.6 is 0 Å². The number of nitrogens with two attached hydrogens (primary N) is 1. The summed E-state index contributed by atoms with van der Waals surface area (Å²) in [5.74, 6) is -0.619. The minimum Gasteiger partial charge on any atom is -0.392 e. The molecule has 10 aliphatic heterocycles. The van der Waals surface area contributed by atoms with Crippen LogP contribution in [0.1, 0.15) is 90.4 Å². The second kappa shape index (κ2) is 14.3. The third kappa shape index (κ3) is 6.59. The summed E-state index contributed by atoms with van der Waals surface area (Å²) in [6.07, 6.45) is 4.85. The smallest absolute Gasteiger partial charge is 0.172 e. The molecule has 10 aliphatic rings. The lowest BCUT2D eigenvalue weighted by Crippen LogP contribution is -2.61. The van der Waals surface area contributed by atoms with Gasteiger partial charge in [0.05, 0.1) is 67.1 Å². The molecule has 0 aromatic heterocycles. The number of rotatable bonds is 4. The van der Waals surface area contributed by atoms with Crippen LogP contribution in [0.3, 0.4) is 0 Å². The van der Waals surface area contributed by atoms with Crippen molar-refractivity contribution in [3.05, 3.63) is 24.3 Å². The Bertz CT molecular complexity index is 1380. The number of hydrogen-bond donors (Lipinski definition) is 2. The molecule has 3 N–H and O–H groups in total. The summed E-state index contributed by atoms with van der Waals surface area (Å²) in [5.41, 5.74) is 8.01. The summed E-state index contributed by atoms with van der Waals surface area (Å²) in [5, 5.41) is 10.5. The van der Waals surface area contributed by atoms with Gasteiger partial charge in [0.25, 0.3) is 0 Å². The van der Waals surface area contributed by atoms with Gasteiger partial charge < -0.3 is 53.5 Å². The number of hydrogen-bond acceptors (Lipinski definition) is 12. The number of carbonyl (C=O) groups excluding carboxylic acids is 1. The molecule has 1 spiro atoms. The van der Waals surface area contributed by atoms with Crippen LogP contribution in [0.5, 0.6) is 0 Å². The normalized spacial score (nSPS) is 52.4. The van der Waals surface area contributed by atoms with E-state index in [0.717, 1.165) is 56.1 Å². The van der Waals surface area contributed by atoms with Crippen LogP contribution < -0.4 is 5.73 Å². The van der Waals surface area contributed by atoms with E-state index in [2.05, 4.69) is 20.1 Å². The lowest BCUT2D eigenvalue weighted by atomic mass is 9.81. The Morgan fingerprint density at radius 3 is 2.38 bits per heavy atom. The first-order chi connectivity index (χ1) is 25.1. The van der Waals surface area contributed by atoms with Crippen molar-refractivity contribution in [1.29, 1.82) is 0 Å². The van der Waals surface area contributed by atoms with Crippen molar-refractivity contribution in [2.24, 2.45) is 17.6 Å². The molecule has 10 rings (SSSR count). The average molecular weight is 730 g/mol. The van der Waals surface area contributed by atoms with E-state index in [1.807, 2.05) is 0 Å². The second-order valence-electron chi connectivity index (χ2n) is 17.4. The highest BCUT2D eigenvalue weighted by Gasteiger charge is 2.68. The molecule has 0 aliphatic carbocycles. The number of Topliss-reactive ketones (excluding diaryl/α,β-unsaturated/α-hetero) is 1. The van der Waals surface area contributed by atoms with Crippen molar-refractivity contribution in [1.82, 2.24) is 0 Å². The van der Waals surface area contributed by atoms with Crippen LogP contribution in [0.2, 0.25) is 0 Å². The lowest BCUT2D eigenvalue weighted by molar-refractivity contribution is -0.292. The molecule has 12 nitrogen and oxygen atoms in total. The fraction of sp³-hybridized carbons (Fsp3) is 0.875. The van der Waals surface area contributed by atoms with Crippen LogP contribution in [0.15, 0.2) is 24.3 Å². The fourth-order valence-electron chi connectivity index (χ4n) is 11.3. The third-order valence-corrected chi connectivity index (χ3v) is 14.0. The summed E-state index contributed by atoms with van der Waals surface area (Å²) in [6, 6.07) is 0. The molecule has 290 valence electrons. The van der Waals surface area contributed by atoms with Gasteiger partial charge in [-0.25, -0.2) is 0 Å². The van der Waals surface area contributed by atoms with Crippen LogP contribution in [0, 0.1) is 11.8 Å². The Kier molecular flexibility index (Phi) is 10.0. The van der Waals surface area contributed by atoms with Gasteiger partial charge in [-0.05, 0) is 62.0 Å². The topological polar surface area (TPSA) is 146 Å². The Hall–Kier alpha value is -1.29. The number of methoxy groups -OCH3 is 1. The van der Waals surface area contributed by atoms with Gasteiger partial charge in [0, 0.05) is 58.1 Å². The maximum Gasteiger partial charge on any atom is 0.172 e. The molecule has 12 unspecified atom stereocenters. The summed E-state index contributed by atoms with van der Waals surface area (Å²) in [4.78, 5) is 14.1. The first-order valence-electron chi connectivity index (χ1n) is 20.2. The molecule has 0 amide bonds. The average Bonchev–Trinajstić information content (AvgIpc) is 3.79. The van der Waals surface area contributed by atoms with Gasteiger partial charge >= 0.3 is 0 Å². The van der Waals surface area contributed by atoms with Gasteiger partial charge in [-0.3, -0.25) is 4.79 Å². The Balaban J connectivity index is 0.994. The van der Waals surface area contributed by atoms with Gasteiger partial charge in [-0.2, -0.15) is 0 Å². The minimum absolute atomic E-state index is 0.0158. The summed E-state index contributed by atoms with van der Waals surface area (Å²) in [7, 11) is 1.66. The molecular weight excluding hydrogens is 670 g/mol. The fourth-order valence-corrected chi connectivity index (χ4v) is 11.3. The number of fused-ring (bicyclic) bond motifs is 6. The second-order valence-corrected chi connectivity index (χ2v) is 17.4. The number of carbonyl (C=O) groups is 1. The van der Waals surface area contributed by atoms with Crippen molar-refractivity contribution in [2.75, 3.05) is 13.7 Å². The van der Waals surface area contributed by atoms with Crippen molar-refractivity contribution >= 4 is 5.78 Å². The number of aliphatic hydroxyl groups excluding tert-OH is 1. The summed E-state index contributed by atoms with van der Waals surface area (Å²) >= 11 is 0. The van der Waals surface area contributed by atoms with E-state index in [0.29, 0.717) is 25.7 Å². The zero-order valence-corrected chi connectivity index (χ0v) is 30.8. The Labute approximate surface area is 307 Å². The predicted octanol–water partition coefficient (Wildman–Crippen LogP) is 3.44. The van der Waals surface area contributed by atoms with Crippen molar-refractivity contribution in [2.45, 2.75) is 194 Å². The van der Waals surface area contributed by atoms with E-state index < -0.39 is 18.0 Å². The van der Waals surface area contributed by atoms with Crippen LogP contribution in [-0.4, -0.2) is 128 Å². The molecule has 0 aromatic rings. The van der Waals surface area contributed by atoms with Gasteiger partial charge in [0.1, 0.15) is 36.3 Å². The van der Waals surface area contributed by atoms with Crippen molar-refractivity contribution < 1.29 is 52.5 Å². The minimum atomic E-state index is -0.780. The molecule has 10 fully saturated rings. The third-order valence-electron chi connectivity index (χ3n) is 14.0. The highest BCUT2D eigenvalue weighted by molar-refractivity contribution is 5.79. The first kappa shape index (κ1) is 36.4. The van der Waals surface area contributed by atoms with E-state index in [1.165, 1.54) is 0 Å². The molecule has 12 heteroatoms. The largest absolute Gasteiger partial charge is 0.392 e. The molecule has 52 heavy (non-hydrogen) atoms. The molecule has 10 heterocycles. The SMILES string of the molecule is C=C1CC2CC[C@@]34C[C@H]5O[C@@H]6C(OC7CCC(CC(=O)CC8[C@@H](OC)C(CC(O)CN)O[C@H]8CC8OC(CCC1O2)C[C@@H](C)C8=C)O[C@@H]7C6O3)C5O4. The highest BCUT2D eigenvalue weighted by atomic mass is 16.8. The predicted molar refractivity (Wildman–Crippen MR) is 186 cm³/mol. The zero-order chi connectivity index (χ0) is 35.9. The van der Waals surface area contributed by atoms with Crippen molar-refractivity contribution in [3.8, 4) is 0 Å². The van der Waals surface area contributed by atoms with Gasteiger partial charge in [-0.1, -0.05) is 20.1 Å². The molecular formula is C40H59NO11. The van der Waals surface area contributed by atoms with Crippen molar-refractivity contribution in [3.63, 3.8) is 0 Å². The van der Waals surface area contributed by atoms with E-state index in [4.69, 9.17) is 48.4 Å². The molecule has 19 atom stereocenters. The Morgan fingerprint density at radius 2 is 1.56 bits per heavy atom. The number of aliphatic hydroxyl groups is 1. The highest BCUT2D eigenvalue weighted by Crippen LogP contribution is 2.54. The zero-order valence-electron chi connectivity index (χ0n) is 30.8. The maximum absolute atomic E-state index is 14.1. The van der Waals surface area contributed by atoms with Gasteiger partial charge in [0.2, 0.25) is 0 Å². The van der Waals surface area contributed by atoms with Crippen LogP contribution in [0.25, 0.3) is 0 Å². The monoisotopic (exact) mass is 729 g/mol. The van der Waals surface area contributed by atoms with Gasteiger partial charge in [0.15, 0.2) is 5.79 Å². The molecule has 10 saturated heterocycles. The van der Waals surface area contributed by atoms with E-state index >= 15 is 0 Å². The Morgan fingerprint density at radius 1 is 0.808 bits per heavy atom. The molecule has 0 radical (unpaired) electrons. The maximum atomic E-state index is 14.1. The first-order valence-corrected chi connectivity index (χ1v) is 20.2. The summed E-state index contributed by atoms with van der Waals surface area (Å²) in [6.45, 7) is 11.3. The summed E-state index contributed by atoms with van der Waals surface area (Å²) < 4.78 is 60.0. The molecule has 0 aromatic carbocycles. The quantitative estimate of drug-likeness (QED) is 0.409. The number of ether oxygens (including phenoxy) is 9. The van der Waals surface area contributed by atoms with E-state index in [1.54, 1.807) is 7.11 Å². The van der Waals surface area contributed by atoms with Gasteiger partial charge in [-0.15, -0.1) is 0 Å². The van der Waals surface area contributed by atoms with Crippen LogP contribution in [0.4, 0.5) is 0 Å². The molecule has 0 saturated carbocycles. The molecule has 12 bridgehead atoms.